The Morgan fingerprint density at radius 3 is 2.41 bits per heavy atom. The molecule has 0 bridgehead atoms. The van der Waals surface area contributed by atoms with Crippen LogP contribution in [-0.4, -0.2) is 51.4 Å². The van der Waals surface area contributed by atoms with Crippen molar-refractivity contribution in [2.24, 2.45) is 5.92 Å². The zero-order valence-corrected chi connectivity index (χ0v) is 16.4. The highest BCUT2D eigenvalue weighted by Gasteiger charge is 2.34. The maximum atomic E-state index is 13.3. The van der Waals surface area contributed by atoms with Gasteiger partial charge in [-0.15, -0.1) is 0 Å². The van der Waals surface area contributed by atoms with Gasteiger partial charge in [0.2, 0.25) is 5.91 Å². The van der Waals surface area contributed by atoms with Crippen molar-refractivity contribution < 1.29 is 9.18 Å². The minimum absolute atomic E-state index is 0.219. The minimum atomic E-state index is -0.219. The molecule has 5 rings (SSSR count). The lowest BCUT2D eigenvalue weighted by molar-refractivity contribution is -0.134. The number of nitrogens with zero attached hydrogens (tertiary/aromatic N) is 4. The smallest absolute Gasteiger partial charge is 0.225 e. The molecule has 1 amide bonds. The van der Waals surface area contributed by atoms with Crippen molar-refractivity contribution in [1.29, 1.82) is 0 Å². The van der Waals surface area contributed by atoms with E-state index >= 15 is 0 Å². The zero-order valence-electron chi connectivity index (χ0n) is 16.4. The Bertz CT molecular complexity index is 1020. The quantitative estimate of drug-likeness (QED) is 0.669. The van der Waals surface area contributed by atoms with Gasteiger partial charge in [0.15, 0.2) is 0 Å². The SMILES string of the molecule is O=C(C1CC1)N1CCN(Cc2nc3ccccc3n2Cc2ccc(F)cc2)CC1. The Balaban J connectivity index is 1.34. The molecule has 29 heavy (non-hydrogen) atoms. The third-order valence-corrected chi connectivity index (χ3v) is 5.96. The van der Waals surface area contributed by atoms with Gasteiger partial charge in [0.25, 0.3) is 0 Å². The van der Waals surface area contributed by atoms with Crippen LogP contribution >= 0.6 is 0 Å². The van der Waals surface area contributed by atoms with E-state index in [2.05, 4.69) is 15.5 Å². The number of para-hydroxylation sites is 2. The summed E-state index contributed by atoms with van der Waals surface area (Å²) in [6.45, 7) is 4.76. The molecule has 0 unspecified atom stereocenters. The van der Waals surface area contributed by atoms with Crippen LogP contribution < -0.4 is 0 Å². The number of piperazine rings is 1. The number of amides is 1. The van der Waals surface area contributed by atoms with Gasteiger partial charge >= 0.3 is 0 Å². The van der Waals surface area contributed by atoms with Crippen LogP contribution in [-0.2, 0) is 17.9 Å². The Morgan fingerprint density at radius 2 is 1.69 bits per heavy atom. The van der Waals surface area contributed by atoms with Crippen LogP contribution in [0.25, 0.3) is 11.0 Å². The van der Waals surface area contributed by atoms with Crippen molar-refractivity contribution in [2.45, 2.75) is 25.9 Å². The summed E-state index contributed by atoms with van der Waals surface area (Å²) in [6.07, 6.45) is 2.12. The highest BCUT2D eigenvalue weighted by Crippen LogP contribution is 2.31. The third-order valence-electron chi connectivity index (χ3n) is 5.96. The molecule has 5 nitrogen and oxygen atoms in total. The van der Waals surface area contributed by atoms with E-state index in [1.54, 1.807) is 0 Å². The number of carbonyl (C=O) groups is 1. The van der Waals surface area contributed by atoms with E-state index in [1.807, 2.05) is 35.2 Å². The average molecular weight is 392 g/mol. The molecule has 1 saturated heterocycles. The number of fused-ring (bicyclic) bond motifs is 1. The standard InChI is InChI=1S/C23H25FN4O/c24-19-9-5-17(6-10-19)15-28-21-4-2-1-3-20(21)25-22(28)16-26-11-13-27(14-12-26)23(29)18-7-8-18/h1-6,9-10,18H,7-8,11-16H2. The fourth-order valence-corrected chi connectivity index (χ4v) is 4.11. The van der Waals surface area contributed by atoms with Crippen molar-refractivity contribution in [2.75, 3.05) is 26.2 Å². The molecular weight excluding hydrogens is 367 g/mol. The van der Waals surface area contributed by atoms with E-state index in [0.717, 1.165) is 68.0 Å². The second-order valence-corrected chi connectivity index (χ2v) is 8.11. The van der Waals surface area contributed by atoms with Crippen LogP contribution in [0, 0.1) is 11.7 Å². The van der Waals surface area contributed by atoms with Gasteiger partial charge in [-0.1, -0.05) is 24.3 Å². The molecule has 1 aliphatic carbocycles. The molecule has 0 N–H and O–H groups in total. The van der Waals surface area contributed by atoms with Gasteiger partial charge in [0, 0.05) is 38.6 Å². The Labute approximate surface area is 169 Å². The summed E-state index contributed by atoms with van der Waals surface area (Å²) in [4.78, 5) is 21.6. The zero-order chi connectivity index (χ0) is 19.8. The molecule has 1 saturated carbocycles. The lowest BCUT2D eigenvalue weighted by atomic mass is 10.2. The monoisotopic (exact) mass is 392 g/mol. The first-order valence-corrected chi connectivity index (χ1v) is 10.4. The van der Waals surface area contributed by atoms with Crippen molar-refractivity contribution in [3.05, 3.63) is 65.7 Å². The minimum Gasteiger partial charge on any atom is -0.340 e. The van der Waals surface area contributed by atoms with Gasteiger partial charge in [-0.2, -0.15) is 0 Å². The maximum absolute atomic E-state index is 13.3. The Hall–Kier alpha value is -2.73. The number of rotatable bonds is 5. The lowest BCUT2D eigenvalue weighted by Crippen LogP contribution is -2.49. The van der Waals surface area contributed by atoms with Crippen LogP contribution in [0.3, 0.4) is 0 Å². The molecular formula is C23H25FN4O. The number of carbonyl (C=O) groups excluding carboxylic acids is 1. The summed E-state index contributed by atoms with van der Waals surface area (Å²) < 4.78 is 15.5. The van der Waals surface area contributed by atoms with Gasteiger partial charge in [-0.3, -0.25) is 9.69 Å². The molecule has 2 aliphatic rings. The number of hydrogen-bond donors (Lipinski definition) is 0. The summed E-state index contributed by atoms with van der Waals surface area (Å²) in [7, 11) is 0. The molecule has 2 heterocycles. The van der Waals surface area contributed by atoms with Gasteiger partial charge in [0.1, 0.15) is 11.6 Å². The summed E-state index contributed by atoms with van der Waals surface area (Å²) in [5.74, 6) is 1.43. The number of hydrogen-bond acceptors (Lipinski definition) is 3. The van der Waals surface area contributed by atoms with Crippen LogP contribution in [0.1, 0.15) is 24.2 Å². The van der Waals surface area contributed by atoms with Gasteiger partial charge in [-0.25, -0.2) is 9.37 Å². The second kappa shape index (κ2) is 7.59. The average Bonchev–Trinajstić information content (AvgIpc) is 3.54. The normalized spacial score (nSPS) is 17.8. The number of imidazole rings is 1. The maximum Gasteiger partial charge on any atom is 0.225 e. The lowest BCUT2D eigenvalue weighted by Gasteiger charge is -2.34. The van der Waals surface area contributed by atoms with Crippen LogP contribution in [0.15, 0.2) is 48.5 Å². The molecule has 2 fully saturated rings. The van der Waals surface area contributed by atoms with E-state index in [4.69, 9.17) is 4.98 Å². The highest BCUT2D eigenvalue weighted by atomic mass is 19.1. The largest absolute Gasteiger partial charge is 0.340 e. The predicted molar refractivity (Wildman–Crippen MR) is 110 cm³/mol. The van der Waals surface area contributed by atoms with Crippen molar-refractivity contribution in [3.8, 4) is 0 Å². The summed E-state index contributed by atoms with van der Waals surface area (Å²) in [6, 6.07) is 14.8. The molecule has 6 heteroatoms. The van der Waals surface area contributed by atoms with Crippen LogP contribution in [0.2, 0.25) is 0 Å². The highest BCUT2D eigenvalue weighted by molar-refractivity contribution is 5.81. The third kappa shape index (κ3) is 3.90. The van der Waals surface area contributed by atoms with E-state index < -0.39 is 0 Å². The van der Waals surface area contributed by atoms with Crippen LogP contribution in [0.5, 0.6) is 0 Å². The Kier molecular flexibility index (Phi) is 4.79. The molecule has 0 spiro atoms. The fourth-order valence-electron chi connectivity index (χ4n) is 4.11. The molecule has 3 aromatic rings. The van der Waals surface area contributed by atoms with Gasteiger partial charge < -0.3 is 9.47 Å². The Morgan fingerprint density at radius 1 is 0.966 bits per heavy atom. The summed E-state index contributed by atoms with van der Waals surface area (Å²) in [5, 5.41) is 0. The van der Waals surface area contributed by atoms with E-state index in [9.17, 15) is 9.18 Å². The van der Waals surface area contributed by atoms with E-state index in [1.165, 1.54) is 12.1 Å². The predicted octanol–water partition coefficient (Wildman–Crippen LogP) is 3.28. The molecule has 1 aliphatic heterocycles. The van der Waals surface area contributed by atoms with Gasteiger partial charge in [0.05, 0.1) is 17.6 Å². The first-order chi connectivity index (χ1) is 14.2. The molecule has 1 aromatic heterocycles. The summed E-state index contributed by atoms with van der Waals surface area (Å²) in [5.41, 5.74) is 3.12. The molecule has 2 aromatic carbocycles. The first-order valence-electron chi connectivity index (χ1n) is 10.4. The number of benzene rings is 2. The van der Waals surface area contributed by atoms with E-state index in [0.29, 0.717) is 18.4 Å². The molecule has 0 radical (unpaired) electrons. The van der Waals surface area contributed by atoms with Crippen molar-refractivity contribution in [1.82, 2.24) is 19.4 Å². The summed E-state index contributed by atoms with van der Waals surface area (Å²) >= 11 is 0. The first kappa shape index (κ1) is 18.3. The number of halogens is 1. The molecule has 150 valence electrons. The van der Waals surface area contributed by atoms with Crippen molar-refractivity contribution in [3.63, 3.8) is 0 Å². The second-order valence-electron chi connectivity index (χ2n) is 8.11. The fraction of sp³-hybridized carbons (Fsp3) is 0.391. The van der Waals surface area contributed by atoms with E-state index in [-0.39, 0.29) is 5.82 Å². The van der Waals surface area contributed by atoms with Crippen molar-refractivity contribution >= 4 is 16.9 Å². The van der Waals surface area contributed by atoms with Gasteiger partial charge in [-0.05, 0) is 42.7 Å². The number of aromatic nitrogens is 2. The topological polar surface area (TPSA) is 41.4 Å². The molecule has 0 atom stereocenters. The van der Waals surface area contributed by atoms with Crippen LogP contribution in [0.4, 0.5) is 4.39 Å².